The Labute approximate surface area is 160 Å². The Morgan fingerprint density at radius 1 is 1.07 bits per heavy atom. The zero-order valence-corrected chi connectivity index (χ0v) is 17.1. The van der Waals surface area contributed by atoms with Gasteiger partial charge in [-0.2, -0.15) is 0 Å². The van der Waals surface area contributed by atoms with E-state index in [-0.39, 0.29) is 22.8 Å². The van der Waals surface area contributed by atoms with E-state index in [1.807, 2.05) is 27.2 Å². The number of likely N-dealkylation sites (N-methyl/N-ethyl adjacent to an activating group) is 1. The van der Waals surface area contributed by atoms with Crippen molar-refractivity contribution in [3.05, 3.63) is 59.5 Å². The van der Waals surface area contributed by atoms with Crippen LogP contribution in [0, 0.1) is 6.92 Å². The lowest BCUT2D eigenvalue weighted by molar-refractivity contribution is 0.106. The van der Waals surface area contributed by atoms with Crippen LogP contribution in [0.25, 0.3) is 5.57 Å². The molecule has 0 fully saturated rings. The summed E-state index contributed by atoms with van der Waals surface area (Å²) in [4.78, 5) is 16.0. The summed E-state index contributed by atoms with van der Waals surface area (Å²) in [6, 6.07) is 8.34. The lowest BCUT2D eigenvalue weighted by atomic mass is 9.99. The van der Waals surface area contributed by atoms with Crippen molar-refractivity contribution in [1.82, 2.24) is 13.8 Å². The maximum Gasteiger partial charge on any atom is 0.268 e. The van der Waals surface area contributed by atoms with E-state index in [0.29, 0.717) is 6.29 Å². The molecule has 144 valence electrons. The minimum Gasteiger partial charge on any atom is -0.365 e. The molecule has 0 N–H and O–H groups in total. The maximum absolute atomic E-state index is 13.0. The molecule has 2 unspecified atom stereocenters. The molecule has 1 aromatic carbocycles. The summed E-state index contributed by atoms with van der Waals surface area (Å²) >= 11 is 0. The van der Waals surface area contributed by atoms with E-state index in [9.17, 15) is 13.2 Å². The molecule has 1 aliphatic rings. The number of rotatable bonds is 4. The van der Waals surface area contributed by atoms with Crippen molar-refractivity contribution in [2.24, 2.45) is 0 Å². The van der Waals surface area contributed by atoms with Gasteiger partial charge < -0.3 is 4.90 Å². The Balaban J connectivity index is 2.10. The molecule has 0 spiro atoms. The molecule has 27 heavy (non-hydrogen) atoms. The fraction of sp³-hybridized carbons (Fsp3) is 0.350. The van der Waals surface area contributed by atoms with E-state index < -0.39 is 10.0 Å². The number of carbonyl (C=O) groups excluding carboxylic acids is 1. The topological polar surface area (TPSA) is 62.6 Å². The number of aromatic nitrogens is 1. The minimum atomic E-state index is -3.84. The van der Waals surface area contributed by atoms with Crippen LogP contribution in [0.3, 0.4) is 0 Å². The molecule has 0 radical (unpaired) electrons. The highest BCUT2D eigenvalue weighted by atomic mass is 32.2. The van der Waals surface area contributed by atoms with Crippen molar-refractivity contribution in [2.75, 3.05) is 14.1 Å². The second kappa shape index (κ2) is 6.98. The first-order chi connectivity index (χ1) is 12.7. The zero-order valence-electron chi connectivity index (χ0n) is 16.2. The number of benzene rings is 1. The molecule has 1 aromatic heterocycles. The Kier molecular flexibility index (Phi) is 5.01. The van der Waals surface area contributed by atoms with Crippen molar-refractivity contribution >= 4 is 21.9 Å². The monoisotopic (exact) mass is 387 g/mol. The molecule has 2 aromatic rings. The van der Waals surface area contributed by atoms with Gasteiger partial charge in [0.05, 0.1) is 16.8 Å². The van der Waals surface area contributed by atoms with Gasteiger partial charge in [-0.15, -0.1) is 0 Å². The number of aldehydes is 1. The molecule has 2 heterocycles. The number of hydrogen-bond acceptors (Lipinski definition) is 5. The highest BCUT2D eigenvalue weighted by Crippen LogP contribution is 2.30. The lowest BCUT2D eigenvalue weighted by Gasteiger charge is -2.42. The predicted octanol–water partition coefficient (Wildman–Crippen LogP) is 2.80. The summed E-state index contributed by atoms with van der Waals surface area (Å²) in [6.45, 7) is 6.07. The van der Waals surface area contributed by atoms with Gasteiger partial charge in [0.2, 0.25) is 0 Å². The van der Waals surface area contributed by atoms with Crippen LogP contribution in [0.15, 0.2) is 47.6 Å². The summed E-state index contributed by atoms with van der Waals surface area (Å²) in [6.07, 6.45) is 4.37. The van der Waals surface area contributed by atoms with E-state index in [0.717, 1.165) is 20.7 Å². The molecule has 0 saturated carbocycles. The molecule has 0 aliphatic carbocycles. The van der Waals surface area contributed by atoms with Gasteiger partial charge >= 0.3 is 0 Å². The maximum atomic E-state index is 13.0. The van der Waals surface area contributed by atoms with E-state index in [1.165, 1.54) is 0 Å². The molecule has 3 rings (SSSR count). The normalized spacial score (nSPS) is 21.2. The van der Waals surface area contributed by atoms with Crippen LogP contribution in [-0.4, -0.2) is 54.8 Å². The smallest absolute Gasteiger partial charge is 0.268 e. The third kappa shape index (κ3) is 3.33. The number of carbonyl (C=O) groups is 1. The SMILES string of the molecule is Cc1ccc(S(=O)(=O)n2cc(C3=CN(C)C(C)N(C)C3C)cc2C=O)cc1. The summed E-state index contributed by atoms with van der Waals surface area (Å²) in [5.74, 6) is 0. The molecule has 2 atom stereocenters. The second-order valence-electron chi connectivity index (χ2n) is 7.11. The van der Waals surface area contributed by atoms with Gasteiger partial charge in [-0.05, 0) is 51.6 Å². The molecule has 1 aliphatic heterocycles. The molecule has 7 heteroatoms. The van der Waals surface area contributed by atoms with Crippen LogP contribution in [0.4, 0.5) is 0 Å². The molecule has 6 nitrogen and oxygen atoms in total. The van der Waals surface area contributed by atoms with Crippen molar-refractivity contribution in [2.45, 2.75) is 37.9 Å². The summed E-state index contributed by atoms with van der Waals surface area (Å²) in [7, 11) is 0.167. The van der Waals surface area contributed by atoms with Gasteiger partial charge in [-0.25, -0.2) is 12.4 Å². The van der Waals surface area contributed by atoms with Crippen molar-refractivity contribution < 1.29 is 13.2 Å². The van der Waals surface area contributed by atoms with Crippen LogP contribution >= 0.6 is 0 Å². The number of nitrogens with zero attached hydrogens (tertiary/aromatic N) is 3. The first-order valence-electron chi connectivity index (χ1n) is 8.82. The van der Waals surface area contributed by atoms with Crippen LogP contribution in [0.5, 0.6) is 0 Å². The van der Waals surface area contributed by atoms with Crippen LogP contribution in [0.2, 0.25) is 0 Å². The minimum absolute atomic E-state index is 0.0913. The second-order valence-corrected chi connectivity index (χ2v) is 8.92. The van der Waals surface area contributed by atoms with Crippen LogP contribution < -0.4 is 0 Å². The number of hydrogen-bond donors (Lipinski definition) is 0. The van der Waals surface area contributed by atoms with E-state index in [1.54, 1.807) is 36.5 Å². The Morgan fingerprint density at radius 2 is 1.70 bits per heavy atom. The Morgan fingerprint density at radius 3 is 2.30 bits per heavy atom. The molecule has 0 amide bonds. The molecular weight excluding hydrogens is 362 g/mol. The first-order valence-corrected chi connectivity index (χ1v) is 10.3. The van der Waals surface area contributed by atoms with Gasteiger partial charge in [0.15, 0.2) is 6.29 Å². The van der Waals surface area contributed by atoms with Crippen molar-refractivity contribution in [1.29, 1.82) is 0 Å². The average molecular weight is 388 g/mol. The lowest BCUT2D eigenvalue weighted by Crippen LogP contribution is -2.48. The highest BCUT2D eigenvalue weighted by molar-refractivity contribution is 7.90. The summed E-state index contributed by atoms with van der Waals surface area (Å²) in [5.41, 5.74) is 2.78. The van der Waals surface area contributed by atoms with E-state index >= 15 is 0 Å². The number of aryl methyl sites for hydroxylation is 1. The highest BCUT2D eigenvalue weighted by Gasteiger charge is 2.29. The van der Waals surface area contributed by atoms with Crippen LogP contribution in [-0.2, 0) is 10.0 Å². The Bertz CT molecular complexity index is 990. The van der Waals surface area contributed by atoms with Gasteiger partial charge in [-0.1, -0.05) is 17.7 Å². The average Bonchev–Trinajstić information content (AvgIpc) is 3.08. The quantitative estimate of drug-likeness (QED) is 0.755. The van der Waals surface area contributed by atoms with Gasteiger partial charge in [0, 0.05) is 31.0 Å². The van der Waals surface area contributed by atoms with Gasteiger partial charge in [-0.3, -0.25) is 9.69 Å². The van der Waals surface area contributed by atoms with E-state index in [2.05, 4.69) is 23.6 Å². The third-order valence-corrected chi connectivity index (χ3v) is 7.13. The molecular formula is C20H25N3O3S. The van der Waals surface area contributed by atoms with E-state index in [4.69, 9.17) is 0 Å². The fourth-order valence-corrected chi connectivity index (χ4v) is 4.65. The summed E-state index contributed by atoms with van der Waals surface area (Å²) in [5, 5.41) is 0. The van der Waals surface area contributed by atoms with Crippen molar-refractivity contribution in [3.63, 3.8) is 0 Å². The first kappa shape index (κ1) is 19.4. The standard InChI is InChI=1S/C20H25N3O3S/c1-14-6-8-19(9-7-14)27(25,26)23-11-17(10-18(23)13-24)20-12-21(4)16(3)22(5)15(20)2/h6-13,15-16H,1-5H3. The summed E-state index contributed by atoms with van der Waals surface area (Å²) < 4.78 is 27.2. The Hall–Kier alpha value is -2.38. The molecule has 0 bridgehead atoms. The van der Waals surface area contributed by atoms with Crippen LogP contribution in [0.1, 0.15) is 35.5 Å². The van der Waals surface area contributed by atoms with Gasteiger partial charge in [0.25, 0.3) is 10.0 Å². The largest absolute Gasteiger partial charge is 0.365 e. The third-order valence-electron chi connectivity index (χ3n) is 5.43. The zero-order chi connectivity index (χ0) is 19.9. The van der Waals surface area contributed by atoms with Crippen molar-refractivity contribution in [3.8, 4) is 0 Å². The predicted molar refractivity (Wildman–Crippen MR) is 106 cm³/mol. The fourth-order valence-electron chi connectivity index (χ4n) is 3.32. The molecule has 0 saturated heterocycles. The van der Waals surface area contributed by atoms with Gasteiger partial charge in [0.1, 0.15) is 0 Å².